The molecular formula is C8H8N2O2. The first-order valence-electron chi connectivity index (χ1n) is 3.32. The zero-order chi connectivity index (χ0) is 8.97. The van der Waals surface area contributed by atoms with E-state index in [4.69, 9.17) is 0 Å². The van der Waals surface area contributed by atoms with E-state index < -0.39 is 5.97 Å². The van der Waals surface area contributed by atoms with Crippen molar-refractivity contribution < 1.29 is 9.53 Å². The van der Waals surface area contributed by atoms with Crippen LogP contribution >= 0.6 is 0 Å². The molecule has 0 aliphatic heterocycles. The van der Waals surface area contributed by atoms with Crippen LogP contribution in [0.1, 0.15) is 16.2 Å². The maximum absolute atomic E-state index is 10.9. The number of ether oxygens (including phenoxy) is 1. The van der Waals surface area contributed by atoms with Gasteiger partial charge in [0, 0.05) is 0 Å². The van der Waals surface area contributed by atoms with Crippen LogP contribution in [0.15, 0.2) is 18.7 Å². The highest BCUT2D eigenvalue weighted by Gasteiger charge is 2.05. The Morgan fingerprint density at radius 2 is 2.33 bits per heavy atom. The van der Waals surface area contributed by atoms with Gasteiger partial charge < -0.3 is 4.74 Å². The molecule has 0 amide bonds. The molecule has 4 heteroatoms. The summed E-state index contributed by atoms with van der Waals surface area (Å²) in [6.07, 6.45) is 1.55. The smallest absolute Gasteiger partial charge is 0.358 e. The largest absolute Gasteiger partial charge is 0.464 e. The maximum Gasteiger partial charge on any atom is 0.358 e. The fourth-order valence-electron chi connectivity index (χ4n) is 0.665. The number of carbonyl (C=O) groups excluding carboxylic acids is 1. The van der Waals surface area contributed by atoms with Crippen molar-refractivity contribution in [2.75, 3.05) is 7.11 Å². The predicted octanol–water partition coefficient (Wildman–Crippen LogP) is 0.906. The fraction of sp³-hybridized carbons (Fsp3) is 0.125. The molecule has 0 atom stereocenters. The summed E-state index contributed by atoms with van der Waals surface area (Å²) in [5.41, 5.74) is 0.825. The van der Waals surface area contributed by atoms with E-state index in [0.717, 1.165) is 0 Å². The molecule has 0 N–H and O–H groups in total. The lowest BCUT2D eigenvalue weighted by atomic mass is 10.3. The Morgan fingerprint density at radius 1 is 1.58 bits per heavy atom. The summed E-state index contributed by atoms with van der Waals surface area (Å²) in [5, 5.41) is 7.32. The van der Waals surface area contributed by atoms with Gasteiger partial charge in [-0.2, -0.15) is 5.10 Å². The van der Waals surface area contributed by atoms with Crippen molar-refractivity contribution in [1.82, 2.24) is 10.2 Å². The summed E-state index contributed by atoms with van der Waals surface area (Å²) in [5.74, 6) is -0.488. The lowest BCUT2D eigenvalue weighted by Crippen LogP contribution is -2.05. The monoisotopic (exact) mass is 164 g/mol. The van der Waals surface area contributed by atoms with Gasteiger partial charge in [-0.15, -0.1) is 5.10 Å². The third-order valence-corrected chi connectivity index (χ3v) is 1.29. The zero-order valence-electron chi connectivity index (χ0n) is 6.65. The molecule has 1 aromatic heterocycles. The van der Waals surface area contributed by atoms with Crippen LogP contribution < -0.4 is 0 Å². The molecule has 0 saturated heterocycles. The van der Waals surface area contributed by atoms with Gasteiger partial charge in [-0.25, -0.2) is 4.79 Å². The Labute approximate surface area is 69.9 Å². The topological polar surface area (TPSA) is 52.1 Å². The fourth-order valence-corrected chi connectivity index (χ4v) is 0.665. The average Bonchev–Trinajstić information content (AvgIpc) is 2.17. The first kappa shape index (κ1) is 8.39. The van der Waals surface area contributed by atoms with Crippen LogP contribution in [0, 0.1) is 0 Å². The van der Waals surface area contributed by atoms with E-state index in [1.165, 1.54) is 13.2 Å². The Kier molecular flexibility index (Phi) is 2.53. The standard InChI is InChI=1S/C8H8N2O2/c1-3-6-4-5-7(10-9-6)8(11)12-2/h3-5H,1H2,2H3. The first-order valence-corrected chi connectivity index (χ1v) is 3.32. The summed E-state index contributed by atoms with van der Waals surface area (Å²) in [7, 11) is 1.30. The van der Waals surface area contributed by atoms with E-state index in [0.29, 0.717) is 5.69 Å². The highest BCUT2D eigenvalue weighted by Crippen LogP contribution is 1.98. The quantitative estimate of drug-likeness (QED) is 0.609. The second kappa shape index (κ2) is 3.61. The van der Waals surface area contributed by atoms with Crippen molar-refractivity contribution in [1.29, 1.82) is 0 Å². The normalized spacial score (nSPS) is 9.08. The van der Waals surface area contributed by atoms with Crippen LogP contribution in [-0.2, 0) is 4.74 Å². The Morgan fingerprint density at radius 3 is 2.75 bits per heavy atom. The second-order valence-electron chi connectivity index (χ2n) is 2.04. The second-order valence-corrected chi connectivity index (χ2v) is 2.04. The highest BCUT2D eigenvalue weighted by atomic mass is 16.5. The minimum atomic E-state index is -0.488. The lowest BCUT2D eigenvalue weighted by molar-refractivity contribution is 0.0592. The van der Waals surface area contributed by atoms with Crippen LogP contribution in [0.2, 0.25) is 0 Å². The summed E-state index contributed by atoms with van der Waals surface area (Å²) in [4.78, 5) is 10.9. The Hall–Kier alpha value is -1.71. The van der Waals surface area contributed by atoms with Gasteiger partial charge in [0.05, 0.1) is 12.8 Å². The number of aromatic nitrogens is 2. The first-order chi connectivity index (χ1) is 5.77. The van der Waals surface area contributed by atoms with E-state index in [1.807, 2.05) is 0 Å². The van der Waals surface area contributed by atoms with Gasteiger partial charge in [-0.05, 0) is 18.2 Å². The van der Waals surface area contributed by atoms with Gasteiger partial charge >= 0.3 is 5.97 Å². The molecule has 1 aromatic rings. The van der Waals surface area contributed by atoms with Crippen molar-refractivity contribution >= 4 is 12.0 Å². The number of carbonyl (C=O) groups is 1. The number of hydrogen-bond donors (Lipinski definition) is 0. The van der Waals surface area contributed by atoms with Gasteiger partial charge in [0.15, 0.2) is 5.69 Å². The molecule has 0 aliphatic carbocycles. The molecule has 0 aromatic carbocycles. The van der Waals surface area contributed by atoms with E-state index in [2.05, 4.69) is 21.5 Å². The van der Waals surface area contributed by atoms with E-state index in [1.54, 1.807) is 12.1 Å². The van der Waals surface area contributed by atoms with Gasteiger partial charge in [0.2, 0.25) is 0 Å². The van der Waals surface area contributed by atoms with Gasteiger partial charge in [-0.1, -0.05) is 6.58 Å². The lowest BCUT2D eigenvalue weighted by Gasteiger charge is -1.96. The van der Waals surface area contributed by atoms with E-state index in [9.17, 15) is 4.79 Å². The number of nitrogens with zero attached hydrogens (tertiary/aromatic N) is 2. The molecule has 0 bridgehead atoms. The van der Waals surface area contributed by atoms with Gasteiger partial charge in [0.1, 0.15) is 0 Å². The van der Waals surface area contributed by atoms with Crippen LogP contribution in [0.3, 0.4) is 0 Å². The maximum atomic E-state index is 10.9. The molecule has 12 heavy (non-hydrogen) atoms. The third kappa shape index (κ3) is 1.66. The van der Waals surface area contributed by atoms with Crippen molar-refractivity contribution in [3.05, 3.63) is 30.1 Å². The van der Waals surface area contributed by atoms with Crippen LogP contribution in [0.5, 0.6) is 0 Å². The van der Waals surface area contributed by atoms with Gasteiger partial charge in [0.25, 0.3) is 0 Å². The van der Waals surface area contributed by atoms with Crippen molar-refractivity contribution in [2.24, 2.45) is 0 Å². The molecule has 0 spiro atoms. The van der Waals surface area contributed by atoms with E-state index >= 15 is 0 Å². The molecular weight excluding hydrogens is 156 g/mol. The van der Waals surface area contributed by atoms with Crippen LogP contribution in [0.4, 0.5) is 0 Å². The highest BCUT2D eigenvalue weighted by molar-refractivity contribution is 5.86. The molecule has 0 saturated carbocycles. The van der Waals surface area contributed by atoms with Crippen LogP contribution in [-0.4, -0.2) is 23.3 Å². The minimum absolute atomic E-state index is 0.197. The molecule has 0 fully saturated rings. The SMILES string of the molecule is C=Cc1ccc(C(=O)OC)nn1. The van der Waals surface area contributed by atoms with Crippen molar-refractivity contribution in [2.45, 2.75) is 0 Å². The van der Waals surface area contributed by atoms with Crippen molar-refractivity contribution in [3.63, 3.8) is 0 Å². The molecule has 62 valence electrons. The minimum Gasteiger partial charge on any atom is -0.464 e. The van der Waals surface area contributed by atoms with Crippen LogP contribution in [0.25, 0.3) is 6.08 Å². The molecule has 1 heterocycles. The molecule has 0 aliphatic rings. The molecule has 1 rings (SSSR count). The number of rotatable bonds is 2. The Bertz CT molecular complexity index is 292. The number of methoxy groups -OCH3 is 1. The number of esters is 1. The molecule has 0 radical (unpaired) electrons. The van der Waals surface area contributed by atoms with Gasteiger partial charge in [-0.3, -0.25) is 0 Å². The third-order valence-electron chi connectivity index (χ3n) is 1.29. The summed E-state index contributed by atoms with van der Waals surface area (Å²) < 4.78 is 4.44. The number of hydrogen-bond acceptors (Lipinski definition) is 4. The molecule has 4 nitrogen and oxygen atoms in total. The predicted molar refractivity (Wildman–Crippen MR) is 43.5 cm³/mol. The van der Waals surface area contributed by atoms with Crippen molar-refractivity contribution in [3.8, 4) is 0 Å². The zero-order valence-corrected chi connectivity index (χ0v) is 6.65. The summed E-state index contributed by atoms with van der Waals surface area (Å²) in [6.45, 7) is 3.51. The summed E-state index contributed by atoms with van der Waals surface area (Å²) >= 11 is 0. The molecule has 0 unspecified atom stereocenters. The summed E-state index contributed by atoms with van der Waals surface area (Å²) in [6, 6.07) is 3.18. The average molecular weight is 164 g/mol. The van der Waals surface area contributed by atoms with E-state index in [-0.39, 0.29) is 5.69 Å². The Balaban J connectivity index is 2.91.